The standard InChI is InChI=1S/C9H15NO2S/c1-7(2)9(12)13-6-4-3-5-8(10)11/h1,3-6H2,2H3,(H2,10,11). The lowest BCUT2D eigenvalue weighted by Gasteiger charge is -1.98. The molecule has 0 aromatic rings. The zero-order valence-electron chi connectivity index (χ0n) is 7.84. The van der Waals surface area contributed by atoms with Gasteiger partial charge in [-0.3, -0.25) is 9.59 Å². The lowest BCUT2D eigenvalue weighted by Crippen LogP contribution is -2.09. The first kappa shape index (κ1) is 12.2. The molecule has 0 saturated carbocycles. The number of rotatable bonds is 6. The number of hydrogen-bond donors (Lipinski definition) is 1. The van der Waals surface area contributed by atoms with Gasteiger partial charge >= 0.3 is 0 Å². The third-order valence-electron chi connectivity index (χ3n) is 1.40. The molecule has 0 rings (SSSR count). The molecule has 0 fully saturated rings. The van der Waals surface area contributed by atoms with Crippen molar-refractivity contribution in [3.05, 3.63) is 12.2 Å². The second-order valence-corrected chi connectivity index (χ2v) is 3.91. The van der Waals surface area contributed by atoms with Crippen LogP contribution in [0.4, 0.5) is 0 Å². The van der Waals surface area contributed by atoms with E-state index >= 15 is 0 Å². The molecule has 13 heavy (non-hydrogen) atoms. The molecule has 0 aliphatic rings. The Kier molecular flexibility index (Phi) is 6.32. The number of nitrogens with two attached hydrogens (primary N) is 1. The van der Waals surface area contributed by atoms with E-state index in [0.717, 1.165) is 18.6 Å². The molecule has 1 amide bonds. The van der Waals surface area contributed by atoms with Gasteiger partial charge in [-0.15, -0.1) is 0 Å². The van der Waals surface area contributed by atoms with Gasteiger partial charge in [-0.05, 0) is 25.3 Å². The monoisotopic (exact) mass is 201 g/mol. The summed E-state index contributed by atoms with van der Waals surface area (Å²) < 4.78 is 0. The van der Waals surface area contributed by atoms with E-state index in [1.54, 1.807) is 6.92 Å². The molecule has 0 heterocycles. The predicted octanol–water partition coefficient (Wildman–Crippen LogP) is 1.48. The Morgan fingerprint density at radius 3 is 2.46 bits per heavy atom. The van der Waals surface area contributed by atoms with Gasteiger partial charge in [-0.2, -0.15) is 0 Å². The van der Waals surface area contributed by atoms with Gasteiger partial charge in [0.2, 0.25) is 11.0 Å². The third-order valence-corrected chi connectivity index (χ3v) is 2.50. The highest BCUT2D eigenvalue weighted by molar-refractivity contribution is 8.14. The van der Waals surface area contributed by atoms with Crippen molar-refractivity contribution in [2.24, 2.45) is 5.73 Å². The summed E-state index contributed by atoms with van der Waals surface area (Å²) in [6.45, 7) is 5.23. The number of thioether (sulfide) groups is 1. The highest BCUT2D eigenvalue weighted by Gasteiger charge is 2.02. The molecule has 0 aliphatic carbocycles. The van der Waals surface area contributed by atoms with Gasteiger partial charge in [-0.25, -0.2) is 0 Å². The van der Waals surface area contributed by atoms with E-state index in [4.69, 9.17) is 5.73 Å². The predicted molar refractivity (Wildman–Crippen MR) is 55.3 cm³/mol. The third kappa shape index (κ3) is 7.59. The highest BCUT2D eigenvalue weighted by Crippen LogP contribution is 2.11. The number of amides is 1. The summed E-state index contributed by atoms with van der Waals surface area (Å²) in [6.07, 6.45) is 2.00. The minimum Gasteiger partial charge on any atom is -0.370 e. The molecule has 0 aliphatic heterocycles. The van der Waals surface area contributed by atoms with E-state index in [1.165, 1.54) is 11.8 Å². The molecule has 0 atom stereocenters. The highest BCUT2D eigenvalue weighted by atomic mass is 32.2. The number of carbonyl (C=O) groups excluding carboxylic acids is 2. The van der Waals surface area contributed by atoms with Crippen LogP contribution in [0.3, 0.4) is 0 Å². The van der Waals surface area contributed by atoms with Crippen LogP contribution in [0.5, 0.6) is 0 Å². The second-order valence-electron chi connectivity index (χ2n) is 2.84. The van der Waals surface area contributed by atoms with E-state index in [0.29, 0.717) is 12.0 Å². The summed E-state index contributed by atoms with van der Waals surface area (Å²) in [5.74, 6) is 0.454. The summed E-state index contributed by atoms with van der Waals surface area (Å²) in [5.41, 5.74) is 5.53. The van der Waals surface area contributed by atoms with Crippen LogP contribution in [0.25, 0.3) is 0 Å². The lowest BCUT2D eigenvalue weighted by atomic mass is 10.2. The second kappa shape index (κ2) is 6.71. The van der Waals surface area contributed by atoms with Crippen molar-refractivity contribution in [3.63, 3.8) is 0 Å². The van der Waals surface area contributed by atoms with Gasteiger partial charge in [0.15, 0.2) is 0 Å². The first-order valence-electron chi connectivity index (χ1n) is 4.15. The van der Waals surface area contributed by atoms with Gasteiger partial charge < -0.3 is 5.73 Å². The molecular formula is C9H15NO2S. The topological polar surface area (TPSA) is 60.2 Å². The van der Waals surface area contributed by atoms with Gasteiger partial charge in [-0.1, -0.05) is 18.3 Å². The molecule has 3 nitrogen and oxygen atoms in total. The Morgan fingerprint density at radius 1 is 1.38 bits per heavy atom. The van der Waals surface area contributed by atoms with Gasteiger partial charge in [0.1, 0.15) is 0 Å². The summed E-state index contributed by atoms with van der Waals surface area (Å²) in [4.78, 5) is 21.4. The van der Waals surface area contributed by atoms with Crippen molar-refractivity contribution in [2.45, 2.75) is 26.2 Å². The first-order chi connectivity index (χ1) is 6.04. The molecule has 0 saturated heterocycles. The minimum atomic E-state index is -0.281. The van der Waals surface area contributed by atoms with Crippen molar-refractivity contribution in [2.75, 3.05) is 5.75 Å². The van der Waals surface area contributed by atoms with Crippen molar-refractivity contribution in [1.29, 1.82) is 0 Å². The van der Waals surface area contributed by atoms with Crippen LogP contribution in [-0.2, 0) is 9.59 Å². The van der Waals surface area contributed by atoms with Crippen LogP contribution in [0.1, 0.15) is 26.2 Å². The molecule has 0 unspecified atom stereocenters. The van der Waals surface area contributed by atoms with Gasteiger partial charge in [0, 0.05) is 12.2 Å². The van der Waals surface area contributed by atoms with Crippen molar-refractivity contribution < 1.29 is 9.59 Å². The quantitative estimate of drug-likeness (QED) is 0.523. The fourth-order valence-electron chi connectivity index (χ4n) is 0.689. The zero-order chi connectivity index (χ0) is 10.3. The van der Waals surface area contributed by atoms with Gasteiger partial charge in [0.05, 0.1) is 0 Å². The van der Waals surface area contributed by atoms with Crippen LogP contribution in [0.15, 0.2) is 12.2 Å². The normalized spacial score (nSPS) is 9.62. The maximum Gasteiger partial charge on any atom is 0.217 e. The first-order valence-corrected chi connectivity index (χ1v) is 5.13. The summed E-state index contributed by atoms with van der Waals surface area (Å²) in [7, 11) is 0. The van der Waals surface area contributed by atoms with Crippen molar-refractivity contribution >= 4 is 22.8 Å². The molecule has 0 aromatic carbocycles. The molecular weight excluding hydrogens is 186 g/mol. The van der Waals surface area contributed by atoms with Gasteiger partial charge in [0.25, 0.3) is 0 Å². The van der Waals surface area contributed by atoms with Crippen molar-refractivity contribution in [1.82, 2.24) is 0 Å². The Hall–Kier alpha value is -0.770. The van der Waals surface area contributed by atoms with E-state index < -0.39 is 0 Å². The molecule has 0 bridgehead atoms. The van der Waals surface area contributed by atoms with E-state index in [9.17, 15) is 9.59 Å². The van der Waals surface area contributed by atoms with Crippen LogP contribution < -0.4 is 5.73 Å². The largest absolute Gasteiger partial charge is 0.370 e. The Labute approximate surface area is 82.8 Å². The maximum atomic E-state index is 11.0. The van der Waals surface area contributed by atoms with Crippen LogP contribution >= 0.6 is 11.8 Å². The molecule has 0 aromatic heterocycles. The number of unbranched alkanes of at least 4 members (excludes halogenated alkanes) is 1. The van der Waals surface area contributed by atoms with Crippen LogP contribution in [0.2, 0.25) is 0 Å². The average Bonchev–Trinajstić information content (AvgIpc) is 2.02. The molecule has 0 radical (unpaired) electrons. The number of primary amides is 1. The molecule has 74 valence electrons. The van der Waals surface area contributed by atoms with E-state index in [-0.39, 0.29) is 11.0 Å². The smallest absolute Gasteiger partial charge is 0.217 e. The number of carbonyl (C=O) groups is 2. The Morgan fingerprint density at radius 2 is 2.00 bits per heavy atom. The molecule has 2 N–H and O–H groups in total. The Balaban J connectivity index is 3.31. The van der Waals surface area contributed by atoms with E-state index in [2.05, 4.69) is 6.58 Å². The van der Waals surface area contributed by atoms with Crippen LogP contribution in [0, 0.1) is 0 Å². The number of hydrogen-bond acceptors (Lipinski definition) is 3. The lowest BCUT2D eigenvalue weighted by molar-refractivity contribution is -0.118. The summed E-state index contributed by atoms with van der Waals surface area (Å²) >= 11 is 1.25. The fourth-order valence-corrected chi connectivity index (χ4v) is 1.47. The SMILES string of the molecule is C=C(C)C(=O)SCCCCC(N)=O. The molecule has 0 spiro atoms. The van der Waals surface area contributed by atoms with Crippen LogP contribution in [-0.4, -0.2) is 16.8 Å². The fraction of sp³-hybridized carbons (Fsp3) is 0.556. The molecule has 4 heteroatoms. The van der Waals surface area contributed by atoms with E-state index in [1.807, 2.05) is 0 Å². The Bertz CT molecular complexity index is 214. The summed E-state index contributed by atoms with van der Waals surface area (Å²) in [5, 5.41) is 0.0269. The zero-order valence-corrected chi connectivity index (χ0v) is 8.65. The van der Waals surface area contributed by atoms with Crippen molar-refractivity contribution in [3.8, 4) is 0 Å². The summed E-state index contributed by atoms with van der Waals surface area (Å²) in [6, 6.07) is 0. The average molecular weight is 201 g/mol. The minimum absolute atomic E-state index is 0.0269. The maximum absolute atomic E-state index is 11.0.